The van der Waals surface area contributed by atoms with Crippen LogP contribution >= 0.6 is 23.4 Å². The number of carbonyl (C=O) groups is 2. The zero-order valence-electron chi connectivity index (χ0n) is 9.33. The highest BCUT2D eigenvalue weighted by atomic mass is 35.5. The summed E-state index contributed by atoms with van der Waals surface area (Å²) in [4.78, 5) is 21.8. The minimum atomic E-state index is -0.293. The van der Waals surface area contributed by atoms with Crippen LogP contribution in [0.3, 0.4) is 0 Å². The van der Waals surface area contributed by atoms with Gasteiger partial charge in [-0.25, -0.2) is 0 Å². The Morgan fingerprint density at radius 2 is 2.12 bits per heavy atom. The van der Waals surface area contributed by atoms with E-state index in [-0.39, 0.29) is 17.6 Å². The third kappa shape index (κ3) is 6.19. The molecule has 0 aromatic heterocycles. The molecule has 0 unspecified atom stereocenters. The maximum Gasteiger partial charge on any atom is 0.248 e. The predicted octanol–water partition coefficient (Wildman–Crippen LogP) is 1.74. The van der Waals surface area contributed by atoms with Gasteiger partial charge in [0, 0.05) is 17.7 Å². The van der Waals surface area contributed by atoms with E-state index in [2.05, 4.69) is 10.9 Å². The summed E-state index contributed by atoms with van der Waals surface area (Å²) in [6.07, 6.45) is 0. The Balaban J connectivity index is 2.23. The van der Waals surface area contributed by atoms with E-state index in [1.54, 1.807) is 6.07 Å². The zero-order valence-corrected chi connectivity index (χ0v) is 10.9. The Hall–Kier alpha value is -1.20. The number of rotatable bonds is 4. The normalized spacial score (nSPS) is 9.76. The van der Waals surface area contributed by atoms with E-state index in [1.807, 2.05) is 18.2 Å². The van der Waals surface area contributed by atoms with E-state index < -0.39 is 0 Å². The van der Waals surface area contributed by atoms with Crippen LogP contribution in [-0.4, -0.2) is 17.6 Å². The first kappa shape index (κ1) is 13.9. The Kier molecular flexibility index (Phi) is 5.86. The molecule has 0 heterocycles. The number of halogens is 1. The van der Waals surface area contributed by atoms with E-state index >= 15 is 0 Å². The second-order valence-corrected chi connectivity index (χ2v) is 4.77. The smallest absolute Gasteiger partial charge is 0.248 e. The van der Waals surface area contributed by atoms with Crippen LogP contribution in [-0.2, 0) is 15.3 Å². The summed E-state index contributed by atoms with van der Waals surface area (Å²) in [6.45, 7) is 1.33. The van der Waals surface area contributed by atoms with E-state index in [1.165, 1.54) is 18.7 Å². The van der Waals surface area contributed by atoms with Crippen LogP contribution in [0.25, 0.3) is 0 Å². The first-order valence-electron chi connectivity index (χ1n) is 4.95. The lowest BCUT2D eigenvalue weighted by Crippen LogP contribution is -2.41. The van der Waals surface area contributed by atoms with Crippen molar-refractivity contribution in [3.05, 3.63) is 34.9 Å². The van der Waals surface area contributed by atoms with Crippen molar-refractivity contribution in [3.8, 4) is 0 Å². The molecule has 0 spiro atoms. The Bertz CT molecular complexity index is 412. The molecular weight excluding hydrogens is 260 g/mol. The molecule has 0 fully saturated rings. The average Bonchev–Trinajstić information content (AvgIpc) is 2.26. The summed E-state index contributed by atoms with van der Waals surface area (Å²) in [5.74, 6) is 0.464. The standard InChI is InChI=1S/C11H13ClN2O2S/c1-8(15)13-14-11(16)7-17-6-9-3-2-4-10(12)5-9/h2-5H,6-7H2,1H3,(H,13,15)(H,14,16). The molecule has 0 bridgehead atoms. The second-order valence-electron chi connectivity index (χ2n) is 3.35. The SMILES string of the molecule is CC(=O)NNC(=O)CSCc1cccc(Cl)c1. The van der Waals surface area contributed by atoms with Crippen molar-refractivity contribution < 1.29 is 9.59 Å². The van der Waals surface area contributed by atoms with Gasteiger partial charge in [0.2, 0.25) is 11.8 Å². The number of hydrazine groups is 1. The number of hydrogen-bond acceptors (Lipinski definition) is 3. The highest BCUT2D eigenvalue weighted by Crippen LogP contribution is 2.16. The van der Waals surface area contributed by atoms with Crippen LogP contribution < -0.4 is 10.9 Å². The van der Waals surface area contributed by atoms with Gasteiger partial charge in [0.05, 0.1) is 5.75 Å². The molecule has 0 aliphatic rings. The molecule has 6 heteroatoms. The number of nitrogens with one attached hydrogen (secondary N) is 2. The van der Waals surface area contributed by atoms with Crippen LogP contribution in [0.2, 0.25) is 5.02 Å². The van der Waals surface area contributed by atoms with Gasteiger partial charge in [-0.3, -0.25) is 20.4 Å². The third-order valence-electron chi connectivity index (χ3n) is 1.77. The van der Waals surface area contributed by atoms with Gasteiger partial charge in [-0.2, -0.15) is 0 Å². The summed E-state index contributed by atoms with van der Waals surface area (Å²) in [6, 6.07) is 7.49. The van der Waals surface area contributed by atoms with Gasteiger partial charge in [0.1, 0.15) is 0 Å². The molecule has 0 saturated carbocycles. The zero-order chi connectivity index (χ0) is 12.7. The quantitative estimate of drug-likeness (QED) is 0.821. The van der Waals surface area contributed by atoms with Gasteiger partial charge < -0.3 is 0 Å². The lowest BCUT2D eigenvalue weighted by molar-refractivity contribution is -0.126. The van der Waals surface area contributed by atoms with Crippen molar-refractivity contribution in [2.75, 3.05) is 5.75 Å². The van der Waals surface area contributed by atoms with E-state index in [0.717, 1.165) is 5.56 Å². The van der Waals surface area contributed by atoms with Gasteiger partial charge >= 0.3 is 0 Å². The monoisotopic (exact) mass is 272 g/mol. The summed E-state index contributed by atoms with van der Waals surface area (Å²) in [5, 5.41) is 0.686. The summed E-state index contributed by atoms with van der Waals surface area (Å²) in [7, 11) is 0. The first-order valence-corrected chi connectivity index (χ1v) is 6.49. The molecule has 1 rings (SSSR count). The summed E-state index contributed by atoms with van der Waals surface area (Å²) >= 11 is 7.29. The number of carbonyl (C=O) groups excluding carboxylic acids is 2. The molecule has 2 N–H and O–H groups in total. The molecule has 1 aromatic rings. The van der Waals surface area contributed by atoms with Crippen LogP contribution in [0.5, 0.6) is 0 Å². The van der Waals surface area contributed by atoms with Crippen molar-refractivity contribution >= 4 is 35.2 Å². The number of hydrogen-bond donors (Lipinski definition) is 2. The van der Waals surface area contributed by atoms with E-state index in [9.17, 15) is 9.59 Å². The fourth-order valence-corrected chi connectivity index (χ4v) is 2.07. The molecule has 1 aromatic carbocycles. The van der Waals surface area contributed by atoms with Gasteiger partial charge in [0.15, 0.2) is 0 Å². The fraction of sp³-hybridized carbons (Fsp3) is 0.273. The molecule has 4 nitrogen and oxygen atoms in total. The fourth-order valence-electron chi connectivity index (χ4n) is 1.08. The molecule has 92 valence electrons. The van der Waals surface area contributed by atoms with Crippen LogP contribution in [0, 0.1) is 0 Å². The Morgan fingerprint density at radius 3 is 2.76 bits per heavy atom. The maximum absolute atomic E-state index is 11.2. The van der Waals surface area contributed by atoms with Crippen molar-refractivity contribution in [1.29, 1.82) is 0 Å². The lowest BCUT2D eigenvalue weighted by Gasteiger charge is -2.05. The van der Waals surface area contributed by atoms with Crippen molar-refractivity contribution in [2.45, 2.75) is 12.7 Å². The average molecular weight is 273 g/mol. The topological polar surface area (TPSA) is 58.2 Å². The highest BCUT2D eigenvalue weighted by Gasteiger charge is 2.02. The predicted molar refractivity (Wildman–Crippen MR) is 69.6 cm³/mol. The van der Waals surface area contributed by atoms with Gasteiger partial charge in [-0.1, -0.05) is 23.7 Å². The highest BCUT2D eigenvalue weighted by molar-refractivity contribution is 7.99. The largest absolute Gasteiger partial charge is 0.274 e. The number of amides is 2. The third-order valence-corrected chi connectivity index (χ3v) is 3.01. The van der Waals surface area contributed by atoms with Gasteiger partial charge in [-0.15, -0.1) is 11.8 Å². The first-order chi connectivity index (χ1) is 8.08. The van der Waals surface area contributed by atoms with E-state index in [4.69, 9.17) is 11.6 Å². The maximum atomic E-state index is 11.2. The Morgan fingerprint density at radius 1 is 1.35 bits per heavy atom. The van der Waals surface area contributed by atoms with Crippen molar-refractivity contribution in [3.63, 3.8) is 0 Å². The van der Waals surface area contributed by atoms with E-state index in [0.29, 0.717) is 10.8 Å². The van der Waals surface area contributed by atoms with Gasteiger partial charge in [0.25, 0.3) is 0 Å². The minimum absolute atomic E-state index is 0.229. The molecule has 17 heavy (non-hydrogen) atoms. The van der Waals surface area contributed by atoms with Crippen LogP contribution in [0.1, 0.15) is 12.5 Å². The van der Waals surface area contributed by atoms with Crippen LogP contribution in [0.15, 0.2) is 24.3 Å². The van der Waals surface area contributed by atoms with Crippen molar-refractivity contribution in [1.82, 2.24) is 10.9 Å². The molecule has 2 amide bonds. The second kappa shape index (κ2) is 7.19. The molecule has 0 radical (unpaired) electrons. The van der Waals surface area contributed by atoms with Crippen molar-refractivity contribution in [2.24, 2.45) is 0 Å². The molecule has 0 atom stereocenters. The summed E-state index contributed by atoms with van der Waals surface area (Å²) in [5.41, 5.74) is 5.59. The molecule has 0 aliphatic heterocycles. The molecule has 0 aliphatic carbocycles. The summed E-state index contributed by atoms with van der Waals surface area (Å²) < 4.78 is 0. The minimum Gasteiger partial charge on any atom is -0.274 e. The number of benzene rings is 1. The Labute approximate surface area is 109 Å². The molecular formula is C11H13ClN2O2S. The molecule has 0 saturated heterocycles. The lowest BCUT2D eigenvalue weighted by atomic mass is 10.2. The number of thioether (sulfide) groups is 1. The van der Waals surface area contributed by atoms with Crippen LogP contribution in [0.4, 0.5) is 0 Å². The van der Waals surface area contributed by atoms with Gasteiger partial charge in [-0.05, 0) is 17.7 Å².